The molecule has 0 spiro atoms. The number of sulfonamides is 1. The van der Waals surface area contributed by atoms with Crippen molar-refractivity contribution < 1.29 is 37.3 Å². The molecule has 0 amide bonds. The standard InChI is InChI=1S/C23H28N2O8S/c1-4-33-23(28)15-9-11-25(12-10-15)16-5-7-19(18(13-16)22(26)27)24-34(29,30)21-14-17(31-2)6-8-20(21)32-3/h5-8,13-15,24H,4,9-12H2,1-3H3,(H,26,27). The van der Waals surface area contributed by atoms with Gasteiger partial charge in [0.05, 0.1) is 38.0 Å². The largest absolute Gasteiger partial charge is 0.497 e. The van der Waals surface area contributed by atoms with E-state index in [-0.39, 0.29) is 33.8 Å². The molecule has 0 aliphatic carbocycles. The van der Waals surface area contributed by atoms with Crippen molar-refractivity contribution in [2.75, 3.05) is 43.5 Å². The number of hydrogen-bond donors (Lipinski definition) is 2. The zero-order chi connectivity index (χ0) is 24.9. The van der Waals surface area contributed by atoms with Crippen molar-refractivity contribution in [2.45, 2.75) is 24.7 Å². The van der Waals surface area contributed by atoms with Crippen LogP contribution in [0.5, 0.6) is 11.5 Å². The van der Waals surface area contributed by atoms with Gasteiger partial charge in [-0.2, -0.15) is 0 Å². The van der Waals surface area contributed by atoms with Gasteiger partial charge in [0, 0.05) is 24.8 Å². The summed E-state index contributed by atoms with van der Waals surface area (Å²) in [5.74, 6) is -1.28. The molecule has 0 saturated carbocycles. The lowest BCUT2D eigenvalue weighted by Crippen LogP contribution is -2.37. The van der Waals surface area contributed by atoms with Crippen LogP contribution in [-0.2, 0) is 19.6 Å². The van der Waals surface area contributed by atoms with Crippen LogP contribution in [0.3, 0.4) is 0 Å². The average Bonchev–Trinajstić information content (AvgIpc) is 2.83. The Bertz CT molecular complexity index is 1160. The minimum absolute atomic E-state index is 0.0810. The first-order chi connectivity index (χ1) is 16.2. The van der Waals surface area contributed by atoms with Gasteiger partial charge in [-0.05, 0) is 50.1 Å². The van der Waals surface area contributed by atoms with Crippen LogP contribution in [0.25, 0.3) is 0 Å². The van der Waals surface area contributed by atoms with E-state index < -0.39 is 16.0 Å². The van der Waals surface area contributed by atoms with E-state index in [0.717, 1.165) is 0 Å². The van der Waals surface area contributed by atoms with Gasteiger partial charge >= 0.3 is 11.9 Å². The summed E-state index contributed by atoms with van der Waals surface area (Å²) in [5, 5.41) is 9.75. The van der Waals surface area contributed by atoms with E-state index in [0.29, 0.717) is 44.0 Å². The third-order valence-electron chi connectivity index (χ3n) is 5.62. The molecule has 1 aliphatic heterocycles. The molecule has 1 aliphatic rings. The maximum Gasteiger partial charge on any atom is 0.337 e. The smallest absolute Gasteiger partial charge is 0.337 e. The number of carbonyl (C=O) groups is 2. The molecule has 2 N–H and O–H groups in total. The molecule has 2 aromatic rings. The fraction of sp³-hybridized carbons (Fsp3) is 0.391. The molecular formula is C23H28N2O8S. The Kier molecular flexibility index (Phi) is 7.87. The summed E-state index contributed by atoms with van der Waals surface area (Å²) in [4.78, 5) is 25.7. The van der Waals surface area contributed by atoms with E-state index in [9.17, 15) is 23.1 Å². The van der Waals surface area contributed by atoms with Crippen LogP contribution in [-0.4, -0.2) is 59.4 Å². The van der Waals surface area contributed by atoms with Crippen molar-refractivity contribution in [3.8, 4) is 11.5 Å². The summed E-state index contributed by atoms with van der Waals surface area (Å²) < 4.78 is 43.8. The van der Waals surface area contributed by atoms with Crippen molar-refractivity contribution in [3.63, 3.8) is 0 Å². The Morgan fingerprint density at radius 3 is 2.38 bits per heavy atom. The zero-order valence-corrected chi connectivity index (χ0v) is 20.1. The highest BCUT2D eigenvalue weighted by Crippen LogP contribution is 2.32. The van der Waals surface area contributed by atoms with Gasteiger partial charge < -0.3 is 24.2 Å². The summed E-state index contributed by atoms with van der Waals surface area (Å²) in [6.07, 6.45) is 1.18. The third-order valence-corrected chi connectivity index (χ3v) is 7.00. The molecule has 1 heterocycles. The van der Waals surface area contributed by atoms with Crippen LogP contribution in [0.4, 0.5) is 11.4 Å². The Morgan fingerprint density at radius 1 is 1.09 bits per heavy atom. The van der Waals surface area contributed by atoms with Crippen LogP contribution < -0.4 is 19.1 Å². The molecule has 10 nitrogen and oxygen atoms in total. The highest BCUT2D eigenvalue weighted by Gasteiger charge is 2.28. The normalized spacial score (nSPS) is 14.4. The summed E-state index contributed by atoms with van der Waals surface area (Å²) in [5.41, 5.74) is 0.347. The SMILES string of the molecule is CCOC(=O)C1CCN(c2ccc(NS(=O)(=O)c3cc(OC)ccc3OC)c(C(=O)O)c2)CC1. The molecule has 1 fully saturated rings. The number of rotatable bonds is 9. The molecule has 0 unspecified atom stereocenters. The topological polar surface area (TPSA) is 131 Å². The van der Waals surface area contributed by atoms with Gasteiger partial charge in [-0.1, -0.05) is 0 Å². The second-order valence-corrected chi connectivity index (χ2v) is 9.32. The average molecular weight is 493 g/mol. The molecule has 1 saturated heterocycles. The second kappa shape index (κ2) is 10.6. The van der Waals surface area contributed by atoms with Gasteiger partial charge in [0.25, 0.3) is 10.0 Å². The van der Waals surface area contributed by atoms with Gasteiger partial charge in [-0.3, -0.25) is 9.52 Å². The van der Waals surface area contributed by atoms with E-state index >= 15 is 0 Å². The van der Waals surface area contributed by atoms with Crippen LogP contribution >= 0.6 is 0 Å². The number of piperidine rings is 1. The molecule has 0 radical (unpaired) electrons. The molecule has 184 valence electrons. The van der Waals surface area contributed by atoms with Crippen LogP contribution in [0.1, 0.15) is 30.1 Å². The molecule has 0 atom stereocenters. The zero-order valence-electron chi connectivity index (χ0n) is 19.2. The van der Waals surface area contributed by atoms with Gasteiger partial charge in [-0.15, -0.1) is 0 Å². The summed E-state index contributed by atoms with van der Waals surface area (Å²) in [6.45, 7) is 3.20. The number of nitrogens with one attached hydrogen (secondary N) is 1. The molecular weight excluding hydrogens is 464 g/mol. The molecule has 0 aromatic heterocycles. The van der Waals surface area contributed by atoms with Crippen LogP contribution in [0.15, 0.2) is 41.3 Å². The lowest BCUT2D eigenvalue weighted by molar-refractivity contribution is -0.148. The van der Waals surface area contributed by atoms with Gasteiger partial charge in [0.2, 0.25) is 0 Å². The third kappa shape index (κ3) is 5.53. The summed E-state index contributed by atoms with van der Waals surface area (Å²) in [6, 6.07) is 8.80. The van der Waals surface area contributed by atoms with E-state index in [2.05, 4.69) is 4.72 Å². The van der Waals surface area contributed by atoms with E-state index in [4.69, 9.17) is 14.2 Å². The highest BCUT2D eigenvalue weighted by molar-refractivity contribution is 7.92. The molecule has 11 heteroatoms. The van der Waals surface area contributed by atoms with Crippen molar-refractivity contribution in [1.29, 1.82) is 0 Å². The lowest BCUT2D eigenvalue weighted by Gasteiger charge is -2.33. The number of carbonyl (C=O) groups excluding carboxylic acids is 1. The van der Waals surface area contributed by atoms with Gasteiger partial charge in [-0.25, -0.2) is 13.2 Å². The number of esters is 1. The minimum Gasteiger partial charge on any atom is -0.497 e. The number of carboxylic acid groups (broad SMARTS) is 1. The van der Waals surface area contributed by atoms with Gasteiger partial charge in [0.1, 0.15) is 16.4 Å². The Balaban J connectivity index is 1.85. The lowest BCUT2D eigenvalue weighted by atomic mass is 9.96. The molecule has 34 heavy (non-hydrogen) atoms. The Morgan fingerprint density at radius 2 is 1.79 bits per heavy atom. The first-order valence-electron chi connectivity index (χ1n) is 10.7. The van der Waals surface area contributed by atoms with Crippen molar-refractivity contribution in [3.05, 3.63) is 42.0 Å². The number of aromatic carboxylic acids is 1. The number of benzene rings is 2. The van der Waals surface area contributed by atoms with E-state index in [1.165, 1.54) is 38.5 Å². The van der Waals surface area contributed by atoms with Crippen molar-refractivity contribution >= 4 is 33.3 Å². The number of methoxy groups -OCH3 is 2. The molecule has 0 bridgehead atoms. The maximum atomic E-state index is 13.1. The van der Waals surface area contributed by atoms with Crippen LogP contribution in [0.2, 0.25) is 0 Å². The van der Waals surface area contributed by atoms with E-state index in [1.54, 1.807) is 19.1 Å². The predicted molar refractivity (Wildman–Crippen MR) is 125 cm³/mol. The van der Waals surface area contributed by atoms with Gasteiger partial charge in [0.15, 0.2) is 0 Å². The first kappa shape index (κ1) is 25.2. The van der Waals surface area contributed by atoms with Crippen molar-refractivity contribution in [2.24, 2.45) is 5.92 Å². The number of hydrogen-bond acceptors (Lipinski definition) is 8. The Labute approximate surface area is 198 Å². The summed E-state index contributed by atoms with van der Waals surface area (Å²) >= 11 is 0. The quantitative estimate of drug-likeness (QED) is 0.507. The number of anilines is 2. The first-order valence-corrected chi connectivity index (χ1v) is 12.2. The van der Waals surface area contributed by atoms with Crippen molar-refractivity contribution in [1.82, 2.24) is 0 Å². The number of ether oxygens (including phenoxy) is 3. The fourth-order valence-corrected chi connectivity index (χ4v) is 5.09. The predicted octanol–water partition coefficient (Wildman–Crippen LogP) is 2.98. The second-order valence-electron chi connectivity index (χ2n) is 7.67. The molecule has 3 rings (SSSR count). The Hall–Kier alpha value is -3.47. The number of carboxylic acids is 1. The van der Waals surface area contributed by atoms with Crippen LogP contribution in [0, 0.1) is 5.92 Å². The summed E-state index contributed by atoms with van der Waals surface area (Å²) in [7, 11) is -1.45. The minimum atomic E-state index is -4.19. The van der Waals surface area contributed by atoms with E-state index in [1.807, 2.05) is 4.90 Å². The molecule has 2 aromatic carbocycles. The monoisotopic (exact) mass is 492 g/mol. The fourth-order valence-electron chi connectivity index (χ4n) is 3.82. The highest BCUT2D eigenvalue weighted by atomic mass is 32.2. The number of nitrogens with zero attached hydrogens (tertiary/aromatic N) is 1. The maximum absolute atomic E-state index is 13.1.